The van der Waals surface area contributed by atoms with E-state index < -0.39 is 5.60 Å². The van der Waals surface area contributed by atoms with E-state index in [2.05, 4.69) is 5.92 Å². The van der Waals surface area contributed by atoms with Gasteiger partial charge < -0.3 is 5.11 Å². The van der Waals surface area contributed by atoms with Crippen molar-refractivity contribution < 1.29 is 5.11 Å². The Morgan fingerprint density at radius 2 is 2.50 bits per heavy atom. The van der Waals surface area contributed by atoms with E-state index in [1.54, 1.807) is 0 Å². The maximum atomic E-state index is 9.23. The molecule has 0 aromatic carbocycles. The van der Waals surface area contributed by atoms with E-state index >= 15 is 0 Å². The van der Waals surface area contributed by atoms with E-state index in [4.69, 9.17) is 6.42 Å². The number of terminal acetylenes is 1. The fourth-order valence-corrected chi connectivity index (χ4v) is 0.915. The first-order valence-electron chi connectivity index (χ1n) is 2.79. The molecular formula is C7H9O. The first-order chi connectivity index (χ1) is 3.77. The molecule has 1 atom stereocenters. The lowest BCUT2D eigenvalue weighted by atomic mass is 10.1. The van der Waals surface area contributed by atoms with Crippen LogP contribution in [-0.2, 0) is 0 Å². The van der Waals surface area contributed by atoms with Gasteiger partial charge in [0, 0.05) is 0 Å². The molecule has 0 bridgehead atoms. The highest BCUT2D eigenvalue weighted by Crippen LogP contribution is 2.27. The van der Waals surface area contributed by atoms with Crippen LogP contribution in [0.2, 0.25) is 0 Å². The SMILES string of the molecule is C#CC1(O)C[CH]CC1. The van der Waals surface area contributed by atoms with Gasteiger partial charge in [0.15, 0.2) is 0 Å². The monoisotopic (exact) mass is 109 g/mol. The van der Waals surface area contributed by atoms with Crippen molar-refractivity contribution in [3.63, 3.8) is 0 Å². The van der Waals surface area contributed by atoms with Gasteiger partial charge >= 0.3 is 0 Å². The van der Waals surface area contributed by atoms with E-state index in [1.165, 1.54) is 0 Å². The van der Waals surface area contributed by atoms with Crippen molar-refractivity contribution in [1.82, 2.24) is 0 Å². The largest absolute Gasteiger partial charge is 0.378 e. The predicted octanol–water partition coefficient (Wildman–Crippen LogP) is 0.739. The molecule has 0 aromatic heterocycles. The second kappa shape index (κ2) is 1.80. The molecule has 0 aliphatic heterocycles. The van der Waals surface area contributed by atoms with Gasteiger partial charge in [0.2, 0.25) is 0 Å². The molecular weight excluding hydrogens is 100 g/mol. The molecule has 1 saturated carbocycles. The van der Waals surface area contributed by atoms with Crippen molar-refractivity contribution in [3.05, 3.63) is 6.42 Å². The molecule has 1 aliphatic rings. The van der Waals surface area contributed by atoms with E-state index in [1.807, 2.05) is 6.42 Å². The van der Waals surface area contributed by atoms with Crippen molar-refractivity contribution in [2.24, 2.45) is 0 Å². The van der Waals surface area contributed by atoms with Gasteiger partial charge in [0.1, 0.15) is 5.60 Å². The average molecular weight is 109 g/mol. The van der Waals surface area contributed by atoms with Crippen LogP contribution < -0.4 is 0 Å². The Morgan fingerprint density at radius 3 is 2.75 bits per heavy atom. The lowest BCUT2D eigenvalue weighted by Gasteiger charge is -2.11. The van der Waals surface area contributed by atoms with E-state index in [-0.39, 0.29) is 0 Å². The van der Waals surface area contributed by atoms with Gasteiger partial charge in [-0.2, -0.15) is 0 Å². The molecule has 1 N–H and O–H groups in total. The highest BCUT2D eigenvalue weighted by molar-refractivity contribution is 5.13. The molecule has 1 radical (unpaired) electrons. The van der Waals surface area contributed by atoms with Crippen LogP contribution in [0, 0.1) is 18.8 Å². The Bertz CT molecular complexity index is 115. The molecule has 0 aromatic rings. The van der Waals surface area contributed by atoms with E-state index in [0.717, 1.165) is 12.8 Å². The summed E-state index contributed by atoms with van der Waals surface area (Å²) in [4.78, 5) is 0. The van der Waals surface area contributed by atoms with Crippen LogP contribution in [0.3, 0.4) is 0 Å². The molecule has 1 unspecified atom stereocenters. The minimum absolute atomic E-state index is 0.670. The molecule has 1 heteroatoms. The third-order valence-electron chi connectivity index (χ3n) is 1.51. The Morgan fingerprint density at radius 1 is 1.75 bits per heavy atom. The van der Waals surface area contributed by atoms with Gasteiger partial charge in [-0.15, -0.1) is 6.42 Å². The van der Waals surface area contributed by atoms with Gasteiger partial charge in [-0.05, 0) is 25.7 Å². The molecule has 0 amide bonds. The summed E-state index contributed by atoms with van der Waals surface area (Å²) in [6.07, 6.45) is 9.44. The Labute approximate surface area is 49.7 Å². The lowest BCUT2D eigenvalue weighted by molar-refractivity contribution is 0.113. The summed E-state index contributed by atoms with van der Waals surface area (Å²) >= 11 is 0. The van der Waals surface area contributed by atoms with Crippen molar-refractivity contribution in [2.45, 2.75) is 24.9 Å². The van der Waals surface area contributed by atoms with Gasteiger partial charge in [-0.25, -0.2) is 0 Å². The molecule has 1 aliphatic carbocycles. The van der Waals surface area contributed by atoms with Crippen molar-refractivity contribution in [3.8, 4) is 12.3 Å². The normalized spacial score (nSPS) is 25.0. The number of hydrogen-bond donors (Lipinski definition) is 1. The summed E-state index contributed by atoms with van der Waals surface area (Å²) in [6, 6.07) is 0. The number of aliphatic hydroxyl groups is 1. The fraction of sp³-hybridized carbons (Fsp3) is 0.571. The van der Waals surface area contributed by atoms with Crippen LogP contribution in [-0.4, -0.2) is 10.7 Å². The maximum Gasteiger partial charge on any atom is 0.125 e. The summed E-state index contributed by atoms with van der Waals surface area (Å²) < 4.78 is 0. The van der Waals surface area contributed by atoms with E-state index in [0.29, 0.717) is 6.42 Å². The van der Waals surface area contributed by atoms with Crippen LogP contribution in [0.25, 0.3) is 0 Å². The minimum Gasteiger partial charge on any atom is -0.378 e. The first kappa shape index (κ1) is 5.65. The molecule has 1 nitrogen and oxygen atoms in total. The van der Waals surface area contributed by atoms with Gasteiger partial charge in [0.25, 0.3) is 0 Å². The van der Waals surface area contributed by atoms with Crippen LogP contribution in [0.5, 0.6) is 0 Å². The second-order valence-corrected chi connectivity index (χ2v) is 2.21. The van der Waals surface area contributed by atoms with Gasteiger partial charge in [0.05, 0.1) is 0 Å². The Kier molecular flexibility index (Phi) is 1.27. The topological polar surface area (TPSA) is 20.2 Å². The fourth-order valence-electron chi connectivity index (χ4n) is 0.915. The zero-order chi connectivity index (χ0) is 6.04. The minimum atomic E-state index is -0.792. The highest BCUT2D eigenvalue weighted by Gasteiger charge is 2.28. The van der Waals surface area contributed by atoms with Crippen LogP contribution >= 0.6 is 0 Å². The standard InChI is InChI=1S/C7H9O/c1-2-7(8)5-3-4-6-7/h1,3,8H,4-6H2. The number of hydrogen-bond acceptors (Lipinski definition) is 1. The molecule has 1 rings (SSSR count). The van der Waals surface area contributed by atoms with Crippen LogP contribution in [0.1, 0.15) is 19.3 Å². The average Bonchev–Trinajstić information content (AvgIpc) is 2.17. The molecule has 0 spiro atoms. The lowest BCUT2D eigenvalue weighted by Crippen LogP contribution is -2.20. The quantitative estimate of drug-likeness (QED) is 0.455. The molecule has 1 fully saturated rings. The molecule has 43 valence electrons. The summed E-state index contributed by atoms with van der Waals surface area (Å²) in [5.74, 6) is 2.36. The van der Waals surface area contributed by atoms with Crippen molar-refractivity contribution in [2.75, 3.05) is 0 Å². The third kappa shape index (κ3) is 0.850. The summed E-state index contributed by atoms with van der Waals surface area (Å²) in [6.45, 7) is 0. The van der Waals surface area contributed by atoms with Crippen molar-refractivity contribution >= 4 is 0 Å². The van der Waals surface area contributed by atoms with Crippen LogP contribution in [0.4, 0.5) is 0 Å². The van der Waals surface area contributed by atoms with Crippen LogP contribution in [0.15, 0.2) is 0 Å². The zero-order valence-corrected chi connectivity index (χ0v) is 4.72. The summed E-state index contributed by atoms with van der Waals surface area (Å²) in [5.41, 5.74) is -0.792. The molecule has 8 heavy (non-hydrogen) atoms. The summed E-state index contributed by atoms with van der Waals surface area (Å²) in [7, 11) is 0. The molecule has 0 heterocycles. The first-order valence-corrected chi connectivity index (χ1v) is 2.79. The van der Waals surface area contributed by atoms with Gasteiger partial charge in [-0.1, -0.05) is 5.92 Å². The summed E-state index contributed by atoms with van der Waals surface area (Å²) in [5, 5.41) is 9.23. The van der Waals surface area contributed by atoms with Gasteiger partial charge in [-0.3, -0.25) is 0 Å². The highest BCUT2D eigenvalue weighted by atomic mass is 16.3. The Hall–Kier alpha value is -0.480. The van der Waals surface area contributed by atoms with Crippen molar-refractivity contribution in [1.29, 1.82) is 0 Å². The predicted molar refractivity (Wildman–Crippen MR) is 31.9 cm³/mol. The molecule has 0 saturated heterocycles. The smallest absolute Gasteiger partial charge is 0.125 e. The zero-order valence-electron chi connectivity index (χ0n) is 4.72. The number of rotatable bonds is 0. The second-order valence-electron chi connectivity index (χ2n) is 2.21. The Balaban J connectivity index is 2.56. The maximum absolute atomic E-state index is 9.23. The third-order valence-corrected chi connectivity index (χ3v) is 1.51. The van der Waals surface area contributed by atoms with E-state index in [9.17, 15) is 5.11 Å².